The summed E-state index contributed by atoms with van der Waals surface area (Å²) in [4.78, 5) is 16.5. The van der Waals surface area contributed by atoms with Gasteiger partial charge in [0.1, 0.15) is 0 Å². The smallest absolute Gasteiger partial charge is 0.335 e. The Morgan fingerprint density at radius 3 is 2.44 bits per heavy atom. The number of hydrogen-bond acceptors (Lipinski definition) is 5. The summed E-state index contributed by atoms with van der Waals surface area (Å²) in [6.45, 7) is 9.26. The van der Waals surface area contributed by atoms with Gasteiger partial charge < -0.3 is 4.74 Å². The van der Waals surface area contributed by atoms with Crippen LogP contribution < -0.4 is 0 Å². The SMILES string of the molecule is C=CCN(C(C(=C)C(=O)OC)c1ccccn1)S(=O)(=O)c1ccc(C)cc1. The molecule has 0 radical (unpaired) electrons. The molecule has 1 unspecified atom stereocenters. The minimum Gasteiger partial charge on any atom is -0.466 e. The van der Waals surface area contributed by atoms with Gasteiger partial charge in [0, 0.05) is 12.7 Å². The predicted octanol–water partition coefficient (Wildman–Crippen LogP) is 3.04. The van der Waals surface area contributed by atoms with Crippen molar-refractivity contribution in [3.05, 3.63) is 84.7 Å². The zero-order valence-corrected chi connectivity index (χ0v) is 16.1. The predicted molar refractivity (Wildman–Crippen MR) is 103 cm³/mol. The lowest BCUT2D eigenvalue weighted by Gasteiger charge is -2.30. The summed E-state index contributed by atoms with van der Waals surface area (Å²) in [7, 11) is -2.74. The van der Waals surface area contributed by atoms with Crippen LogP contribution in [-0.4, -0.2) is 37.3 Å². The molecule has 1 aromatic heterocycles. The number of aryl methyl sites for hydroxylation is 1. The van der Waals surface area contributed by atoms with Gasteiger partial charge in [-0.2, -0.15) is 4.31 Å². The average molecular weight is 386 g/mol. The maximum atomic E-state index is 13.3. The number of ether oxygens (including phenoxy) is 1. The Morgan fingerprint density at radius 2 is 1.93 bits per heavy atom. The molecule has 6 nitrogen and oxygen atoms in total. The molecule has 2 rings (SSSR count). The first kappa shape index (κ1) is 20.5. The van der Waals surface area contributed by atoms with E-state index >= 15 is 0 Å². The van der Waals surface area contributed by atoms with E-state index in [1.807, 2.05) is 6.92 Å². The Morgan fingerprint density at radius 1 is 1.26 bits per heavy atom. The normalized spacial score (nSPS) is 12.4. The summed E-state index contributed by atoms with van der Waals surface area (Å²) >= 11 is 0. The standard InChI is InChI=1S/C20H22N2O4S/c1-5-14-22(27(24,25)17-11-9-15(2)10-12-17)19(16(3)20(23)26-4)18-8-6-7-13-21-18/h5-13,19H,1,3,14H2,2,4H3. The number of nitrogens with zero attached hydrogens (tertiary/aromatic N) is 2. The number of rotatable bonds is 8. The fraction of sp³-hybridized carbons (Fsp3) is 0.200. The van der Waals surface area contributed by atoms with Gasteiger partial charge in [-0.3, -0.25) is 4.98 Å². The molecular formula is C20H22N2O4S. The van der Waals surface area contributed by atoms with Crippen LogP contribution in [0.3, 0.4) is 0 Å². The lowest BCUT2D eigenvalue weighted by Crippen LogP contribution is -2.38. The summed E-state index contributed by atoms with van der Waals surface area (Å²) in [6.07, 6.45) is 2.98. The van der Waals surface area contributed by atoms with Crippen LogP contribution in [0, 0.1) is 6.92 Å². The molecule has 0 fully saturated rings. The second-order valence-electron chi connectivity index (χ2n) is 5.85. The number of carbonyl (C=O) groups excluding carboxylic acids is 1. The Kier molecular flexibility index (Phi) is 6.65. The van der Waals surface area contributed by atoms with Gasteiger partial charge in [0.2, 0.25) is 10.0 Å². The van der Waals surface area contributed by atoms with Crippen LogP contribution in [0.25, 0.3) is 0 Å². The molecule has 0 amide bonds. The first-order valence-corrected chi connectivity index (χ1v) is 9.64. The van der Waals surface area contributed by atoms with Crippen molar-refractivity contribution in [3.8, 4) is 0 Å². The average Bonchev–Trinajstić information content (AvgIpc) is 2.68. The summed E-state index contributed by atoms with van der Waals surface area (Å²) in [5, 5.41) is 0. The van der Waals surface area contributed by atoms with Crippen molar-refractivity contribution in [1.29, 1.82) is 0 Å². The van der Waals surface area contributed by atoms with E-state index in [1.165, 1.54) is 31.5 Å². The minimum atomic E-state index is -3.96. The third-order valence-electron chi connectivity index (χ3n) is 3.97. The Labute approximate surface area is 159 Å². The molecule has 1 heterocycles. The van der Waals surface area contributed by atoms with Gasteiger partial charge >= 0.3 is 5.97 Å². The topological polar surface area (TPSA) is 76.6 Å². The highest BCUT2D eigenvalue weighted by Crippen LogP contribution is 2.32. The Bertz CT molecular complexity index is 922. The van der Waals surface area contributed by atoms with E-state index in [-0.39, 0.29) is 17.0 Å². The van der Waals surface area contributed by atoms with Gasteiger partial charge in [-0.05, 0) is 31.2 Å². The van der Waals surface area contributed by atoms with Crippen LogP contribution in [0.2, 0.25) is 0 Å². The largest absolute Gasteiger partial charge is 0.466 e. The quantitative estimate of drug-likeness (QED) is 0.396. The highest BCUT2D eigenvalue weighted by atomic mass is 32.2. The number of pyridine rings is 1. The minimum absolute atomic E-state index is 0.0336. The zero-order valence-electron chi connectivity index (χ0n) is 15.3. The third kappa shape index (κ3) is 4.50. The van der Waals surface area contributed by atoms with E-state index in [0.29, 0.717) is 5.69 Å². The number of methoxy groups -OCH3 is 1. The molecule has 0 bridgehead atoms. The third-order valence-corrected chi connectivity index (χ3v) is 5.82. The van der Waals surface area contributed by atoms with Crippen molar-refractivity contribution < 1.29 is 17.9 Å². The molecule has 2 aromatic rings. The van der Waals surface area contributed by atoms with E-state index in [2.05, 4.69) is 18.1 Å². The van der Waals surface area contributed by atoms with Crippen molar-refractivity contribution in [2.45, 2.75) is 17.9 Å². The molecule has 0 N–H and O–H groups in total. The number of benzene rings is 1. The van der Waals surface area contributed by atoms with Crippen molar-refractivity contribution in [2.75, 3.05) is 13.7 Å². The van der Waals surface area contributed by atoms with Crippen LogP contribution in [-0.2, 0) is 19.6 Å². The van der Waals surface area contributed by atoms with E-state index < -0.39 is 22.0 Å². The maximum absolute atomic E-state index is 13.3. The fourth-order valence-electron chi connectivity index (χ4n) is 2.60. The Balaban J connectivity index is 2.63. The number of esters is 1. The molecule has 1 atom stereocenters. The highest BCUT2D eigenvalue weighted by Gasteiger charge is 2.36. The summed E-state index contributed by atoms with van der Waals surface area (Å²) in [5.74, 6) is -0.709. The van der Waals surface area contributed by atoms with E-state index in [9.17, 15) is 13.2 Å². The second-order valence-corrected chi connectivity index (χ2v) is 7.74. The van der Waals surface area contributed by atoms with Crippen LogP contribution in [0.1, 0.15) is 17.3 Å². The molecule has 0 aliphatic rings. The van der Waals surface area contributed by atoms with Gasteiger partial charge in [-0.1, -0.05) is 36.4 Å². The summed E-state index contributed by atoms with van der Waals surface area (Å²) in [5.41, 5.74) is 1.27. The first-order chi connectivity index (χ1) is 12.8. The molecule has 0 aliphatic carbocycles. The maximum Gasteiger partial charge on any atom is 0.335 e. The van der Waals surface area contributed by atoms with Gasteiger partial charge in [-0.15, -0.1) is 6.58 Å². The van der Waals surface area contributed by atoms with Gasteiger partial charge in [0.15, 0.2) is 0 Å². The van der Waals surface area contributed by atoms with Crippen LogP contribution in [0.4, 0.5) is 0 Å². The fourth-order valence-corrected chi connectivity index (χ4v) is 4.16. The summed E-state index contributed by atoms with van der Waals surface area (Å²) in [6, 6.07) is 10.5. The molecule has 142 valence electrons. The van der Waals surface area contributed by atoms with E-state index in [4.69, 9.17) is 4.74 Å². The van der Waals surface area contributed by atoms with E-state index in [1.54, 1.807) is 30.3 Å². The molecular weight excluding hydrogens is 364 g/mol. The second kappa shape index (κ2) is 8.75. The van der Waals surface area contributed by atoms with Gasteiger partial charge in [0.05, 0.1) is 29.3 Å². The van der Waals surface area contributed by atoms with Crippen molar-refractivity contribution >= 4 is 16.0 Å². The van der Waals surface area contributed by atoms with Gasteiger partial charge in [-0.25, -0.2) is 13.2 Å². The molecule has 0 spiro atoms. The number of aromatic nitrogens is 1. The monoisotopic (exact) mass is 386 g/mol. The van der Waals surface area contributed by atoms with Crippen molar-refractivity contribution in [1.82, 2.24) is 9.29 Å². The highest BCUT2D eigenvalue weighted by molar-refractivity contribution is 7.89. The van der Waals surface area contributed by atoms with E-state index in [0.717, 1.165) is 9.87 Å². The molecule has 0 saturated carbocycles. The molecule has 1 aromatic carbocycles. The molecule has 0 aliphatic heterocycles. The molecule has 27 heavy (non-hydrogen) atoms. The van der Waals surface area contributed by atoms with Crippen LogP contribution in [0.15, 0.2) is 78.4 Å². The van der Waals surface area contributed by atoms with Crippen LogP contribution in [0.5, 0.6) is 0 Å². The molecule has 7 heteroatoms. The number of carbonyl (C=O) groups is 1. The lowest BCUT2D eigenvalue weighted by atomic mass is 10.0. The van der Waals surface area contributed by atoms with Gasteiger partial charge in [0.25, 0.3) is 0 Å². The van der Waals surface area contributed by atoms with Crippen LogP contribution >= 0.6 is 0 Å². The first-order valence-electron chi connectivity index (χ1n) is 8.20. The number of sulfonamides is 1. The van der Waals surface area contributed by atoms with Crippen molar-refractivity contribution in [2.24, 2.45) is 0 Å². The number of hydrogen-bond donors (Lipinski definition) is 0. The zero-order chi connectivity index (χ0) is 20.0. The summed E-state index contributed by atoms with van der Waals surface area (Å²) < 4.78 is 32.6. The Hall–Kier alpha value is -2.77. The van der Waals surface area contributed by atoms with Crippen molar-refractivity contribution in [3.63, 3.8) is 0 Å². The molecule has 0 saturated heterocycles. The lowest BCUT2D eigenvalue weighted by molar-refractivity contribution is -0.136.